The van der Waals surface area contributed by atoms with E-state index in [1.54, 1.807) is 0 Å². The maximum Gasteiger partial charge on any atom is 0.407 e. The zero-order chi connectivity index (χ0) is 17.9. The maximum absolute atomic E-state index is 14.6. The first-order valence-electron chi connectivity index (χ1n) is 7.63. The van der Waals surface area contributed by atoms with Gasteiger partial charge in [0, 0.05) is 22.0 Å². The Labute approximate surface area is 169 Å². The lowest BCUT2D eigenvalue weighted by Crippen LogP contribution is -2.55. The summed E-state index contributed by atoms with van der Waals surface area (Å²) in [5, 5.41) is 9.96. The minimum Gasteiger partial charge on any atom is -0.465 e. The van der Waals surface area contributed by atoms with Gasteiger partial charge in [-0.25, -0.2) is 14.2 Å². The fourth-order valence-corrected chi connectivity index (χ4v) is 4.77. The van der Waals surface area contributed by atoms with E-state index in [1.807, 2.05) is 33.6 Å². The predicted molar refractivity (Wildman–Crippen MR) is 104 cm³/mol. The average molecular weight is 542 g/mol. The third kappa shape index (κ3) is 2.84. The molecule has 2 aliphatic rings. The number of fused-ring (bicyclic) bond motifs is 3. The van der Waals surface area contributed by atoms with E-state index in [9.17, 15) is 14.3 Å². The zero-order valence-corrected chi connectivity index (χ0v) is 17.2. The van der Waals surface area contributed by atoms with Crippen LogP contribution in [0, 0.1) is 9.39 Å². The minimum atomic E-state index is -0.887. The second-order valence-corrected chi connectivity index (χ2v) is 8.47. The molecule has 2 fully saturated rings. The molecule has 0 unspecified atom stereocenters. The average Bonchev–Trinajstić information content (AvgIpc) is 2.84. The van der Waals surface area contributed by atoms with E-state index in [0.29, 0.717) is 32.3 Å². The maximum atomic E-state index is 14.6. The summed E-state index contributed by atoms with van der Waals surface area (Å²) < 4.78 is 15.7. The van der Waals surface area contributed by atoms with E-state index in [4.69, 9.17) is 11.6 Å². The highest BCUT2D eigenvalue weighted by Crippen LogP contribution is 2.37. The molecule has 1 N–H and O–H groups in total. The number of carbonyl (C=O) groups is 1. The van der Waals surface area contributed by atoms with Crippen molar-refractivity contribution in [2.24, 2.45) is 0 Å². The van der Waals surface area contributed by atoms with Gasteiger partial charge in [0.05, 0.1) is 16.6 Å². The third-order valence-electron chi connectivity index (χ3n) is 4.78. The van der Waals surface area contributed by atoms with Crippen LogP contribution in [0.2, 0.25) is 5.28 Å². The summed E-state index contributed by atoms with van der Waals surface area (Å²) in [4.78, 5) is 23.4. The topological polar surface area (TPSA) is 69.6 Å². The van der Waals surface area contributed by atoms with Crippen molar-refractivity contribution in [3.63, 3.8) is 0 Å². The first-order chi connectivity index (χ1) is 11.9. The van der Waals surface area contributed by atoms with Gasteiger partial charge in [-0.2, -0.15) is 4.98 Å². The van der Waals surface area contributed by atoms with Crippen molar-refractivity contribution in [1.82, 2.24) is 14.9 Å². The van der Waals surface area contributed by atoms with Crippen molar-refractivity contribution in [3.8, 4) is 0 Å². The van der Waals surface area contributed by atoms with Gasteiger partial charge < -0.3 is 10.0 Å². The molecule has 0 aliphatic carbocycles. The molecule has 2 saturated heterocycles. The molecule has 4 rings (SSSR count). The summed E-state index contributed by atoms with van der Waals surface area (Å²) in [5.74, 6) is 0.0841. The normalized spacial score (nSPS) is 22.7. The molecular formula is C15H12BrClFIN4O2. The molecule has 3 heterocycles. The fourth-order valence-electron chi connectivity index (χ4n) is 3.76. The second kappa shape index (κ2) is 6.34. The molecule has 25 heavy (non-hydrogen) atoms. The highest BCUT2D eigenvalue weighted by Gasteiger charge is 2.43. The van der Waals surface area contributed by atoms with Crippen molar-refractivity contribution in [1.29, 1.82) is 0 Å². The van der Waals surface area contributed by atoms with Gasteiger partial charge in [-0.3, -0.25) is 4.90 Å². The van der Waals surface area contributed by atoms with Crippen LogP contribution in [0.5, 0.6) is 0 Å². The number of aromatic nitrogens is 2. The van der Waals surface area contributed by atoms with E-state index in [0.717, 1.165) is 12.8 Å². The Bertz CT molecular complexity index is 888. The summed E-state index contributed by atoms with van der Waals surface area (Å²) in [6, 6.07) is 1.65. The zero-order valence-electron chi connectivity index (χ0n) is 12.7. The van der Waals surface area contributed by atoms with Crippen molar-refractivity contribution in [2.45, 2.75) is 24.9 Å². The molecule has 2 bridgehead atoms. The Morgan fingerprint density at radius 3 is 2.60 bits per heavy atom. The predicted octanol–water partition coefficient (Wildman–Crippen LogP) is 4.12. The quantitative estimate of drug-likeness (QED) is 0.334. The van der Waals surface area contributed by atoms with Crippen molar-refractivity contribution < 1.29 is 14.3 Å². The molecule has 2 aliphatic heterocycles. The lowest BCUT2D eigenvalue weighted by molar-refractivity contribution is 0.114. The second-order valence-electron chi connectivity index (χ2n) is 6.18. The lowest BCUT2D eigenvalue weighted by Gasteiger charge is -2.40. The van der Waals surface area contributed by atoms with Crippen LogP contribution in [-0.4, -0.2) is 51.2 Å². The van der Waals surface area contributed by atoms with Gasteiger partial charge in [0.15, 0.2) is 5.82 Å². The van der Waals surface area contributed by atoms with E-state index in [1.165, 1.54) is 4.90 Å². The van der Waals surface area contributed by atoms with E-state index in [-0.39, 0.29) is 22.9 Å². The number of anilines is 1. The Morgan fingerprint density at radius 2 is 2.00 bits per heavy atom. The Morgan fingerprint density at radius 1 is 1.36 bits per heavy atom. The Balaban J connectivity index is 1.82. The summed E-state index contributed by atoms with van der Waals surface area (Å²) in [6.45, 7) is 1.03. The molecule has 0 saturated carbocycles. The fraction of sp³-hybridized carbons (Fsp3) is 0.400. The number of carboxylic acid groups (broad SMARTS) is 1. The van der Waals surface area contributed by atoms with Gasteiger partial charge in [0.1, 0.15) is 11.3 Å². The summed E-state index contributed by atoms with van der Waals surface area (Å²) >= 11 is 11.3. The summed E-state index contributed by atoms with van der Waals surface area (Å²) in [7, 11) is 0. The molecule has 2 aromatic rings. The van der Waals surface area contributed by atoms with Crippen LogP contribution in [0.15, 0.2) is 10.5 Å². The van der Waals surface area contributed by atoms with Crippen LogP contribution in [0.25, 0.3) is 10.9 Å². The number of nitrogens with zero attached hydrogens (tertiary/aromatic N) is 4. The van der Waals surface area contributed by atoms with Gasteiger partial charge >= 0.3 is 6.09 Å². The minimum absolute atomic E-state index is 0.0254. The van der Waals surface area contributed by atoms with Crippen LogP contribution in [-0.2, 0) is 0 Å². The number of piperazine rings is 1. The van der Waals surface area contributed by atoms with Crippen LogP contribution in [0.4, 0.5) is 15.0 Å². The van der Waals surface area contributed by atoms with Crippen molar-refractivity contribution >= 4 is 72.9 Å². The van der Waals surface area contributed by atoms with Gasteiger partial charge in [0.25, 0.3) is 0 Å². The largest absolute Gasteiger partial charge is 0.465 e. The third-order valence-corrected chi connectivity index (χ3v) is 7.32. The van der Waals surface area contributed by atoms with Gasteiger partial charge in [-0.1, -0.05) is 0 Å². The number of hydrogen-bond acceptors (Lipinski definition) is 4. The Kier molecular flexibility index (Phi) is 4.43. The standard InChI is InChI=1S/C15H12BrClFIN4O2/c16-10-9(19)3-8-12(11(10)18)20-14(17)21-13(8)22-4-6-1-2-7(5-22)23(6)15(24)25/h3,6-7H,1-2,4-5H2,(H,24,25)/t6-,7+. The highest BCUT2D eigenvalue weighted by molar-refractivity contribution is 14.1. The molecule has 0 spiro atoms. The molecule has 1 aromatic heterocycles. The number of benzene rings is 1. The van der Waals surface area contributed by atoms with Crippen molar-refractivity contribution in [2.75, 3.05) is 18.0 Å². The monoisotopic (exact) mass is 540 g/mol. The smallest absolute Gasteiger partial charge is 0.407 e. The lowest BCUT2D eigenvalue weighted by atomic mass is 10.1. The molecule has 6 nitrogen and oxygen atoms in total. The number of hydrogen-bond donors (Lipinski definition) is 1. The van der Waals surface area contributed by atoms with E-state index in [2.05, 4.69) is 25.9 Å². The van der Waals surface area contributed by atoms with Gasteiger partial charge in [0.2, 0.25) is 5.28 Å². The number of rotatable bonds is 1. The number of amides is 1. The van der Waals surface area contributed by atoms with E-state index < -0.39 is 11.9 Å². The SMILES string of the molecule is O=C(O)N1[C@@H]2CC[C@H]1CN(c1nc(Cl)nc3c(F)c(Br)c(I)cc13)C2. The molecule has 132 valence electrons. The molecule has 1 amide bonds. The number of halogens is 4. The first kappa shape index (κ1) is 17.5. The molecule has 2 atom stereocenters. The van der Waals surface area contributed by atoms with Gasteiger partial charge in [-0.05, 0) is 69.0 Å². The first-order valence-corrected chi connectivity index (χ1v) is 9.88. The van der Waals surface area contributed by atoms with E-state index >= 15 is 0 Å². The van der Waals surface area contributed by atoms with Crippen LogP contribution < -0.4 is 4.90 Å². The van der Waals surface area contributed by atoms with Crippen LogP contribution in [0.3, 0.4) is 0 Å². The molecule has 0 radical (unpaired) electrons. The molecule has 1 aromatic carbocycles. The molecule has 10 heteroatoms. The Hall–Kier alpha value is -0.940. The van der Waals surface area contributed by atoms with Crippen LogP contribution >= 0.6 is 50.1 Å². The molecular weight excluding hydrogens is 529 g/mol. The summed E-state index contributed by atoms with van der Waals surface area (Å²) in [6.07, 6.45) is 0.755. The highest BCUT2D eigenvalue weighted by atomic mass is 127. The van der Waals surface area contributed by atoms with Gasteiger partial charge in [-0.15, -0.1) is 0 Å². The summed E-state index contributed by atoms with van der Waals surface area (Å²) in [5.41, 5.74) is 0.162. The van der Waals surface area contributed by atoms with Crippen LogP contribution in [0.1, 0.15) is 12.8 Å². The van der Waals surface area contributed by atoms with Crippen molar-refractivity contribution in [3.05, 3.63) is 25.2 Å².